The Morgan fingerprint density at radius 3 is 2.62 bits per heavy atom. The maximum absolute atomic E-state index is 13.1. The summed E-state index contributed by atoms with van der Waals surface area (Å²) in [5, 5.41) is 10.4. The lowest BCUT2D eigenvalue weighted by molar-refractivity contribution is -0.0407. The van der Waals surface area contributed by atoms with E-state index in [4.69, 9.17) is 4.74 Å². The Morgan fingerprint density at radius 2 is 1.93 bits per heavy atom. The van der Waals surface area contributed by atoms with Gasteiger partial charge in [0.2, 0.25) is 5.75 Å². The minimum Gasteiger partial charge on any atom is -0.501 e. The first kappa shape index (κ1) is 19.7. The van der Waals surface area contributed by atoms with Gasteiger partial charge in [-0.3, -0.25) is 19.1 Å². The van der Waals surface area contributed by atoms with E-state index in [2.05, 4.69) is 9.88 Å². The molecule has 2 aromatic rings. The molecule has 1 aromatic heterocycles. The number of Topliss-reactive ketones (excluding diaryl/α,β-unsaturated/α-hetero) is 1. The number of ketones is 1. The zero-order valence-corrected chi connectivity index (χ0v) is 16.4. The molecule has 2 aliphatic rings. The molecular weight excluding hydrogens is 377 g/mol. The Hall–Kier alpha value is -2.58. The predicted molar refractivity (Wildman–Crippen MR) is 104 cm³/mol. The first-order valence-electron chi connectivity index (χ1n) is 9.83. The molecule has 0 aliphatic carbocycles. The van der Waals surface area contributed by atoms with E-state index >= 15 is 0 Å². The lowest BCUT2D eigenvalue weighted by atomic mass is 9.85. The maximum atomic E-state index is 13.1. The third kappa shape index (κ3) is 3.47. The highest BCUT2D eigenvalue weighted by Gasteiger charge is 2.45. The van der Waals surface area contributed by atoms with E-state index < -0.39 is 22.6 Å². The van der Waals surface area contributed by atoms with E-state index in [1.54, 1.807) is 12.1 Å². The average molecular weight is 401 g/mol. The summed E-state index contributed by atoms with van der Waals surface area (Å²) in [5.74, 6) is -0.803. The quantitative estimate of drug-likeness (QED) is 0.788. The van der Waals surface area contributed by atoms with Crippen LogP contribution < -0.4 is 5.56 Å². The van der Waals surface area contributed by atoms with Crippen LogP contribution in [-0.2, 0) is 23.2 Å². The topological polar surface area (TPSA) is 84.7 Å². The summed E-state index contributed by atoms with van der Waals surface area (Å²) in [7, 11) is 1.99. The summed E-state index contributed by atoms with van der Waals surface area (Å²) in [4.78, 5) is 32.3. The molecule has 29 heavy (non-hydrogen) atoms. The van der Waals surface area contributed by atoms with Crippen molar-refractivity contribution in [3.05, 3.63) is 57.5 Å². The van der Waals surface area contributed by atoms with Crippen LogP contribution in [0.5, 0.6) is 5.75 Å². The monoisotopic (exact) mass is 401 g/mol. The molecule has 1 saturated heterocycles. The number of benzene rings is 1. The number of aryl methyl sites for hydroxylation is 1. The summed E-state index contributed by atoms with van der Waals surface area (Å²) in [6.45, 7) is 2.17. The molecule has 154 valence electrons. The fraction of sp³-hybridized carbons (Fsp3) is 0.476. The highest BCUT2D eigenvalue weighted by Crippen LogP contribution is 2.38. The third-order valence-corrected chi connectivity index (χ3v) is 6.09. The minimum absolute atomic E-state index is 0.0705. The van der Waals surface area contributed by atoms with Crippen molar-refractivity contribution in [3.8, 4) is 5.75 Å². The largest absolute Gasteiger partial charge is 0.501 e. The number of carbonyl (C=O) groups is 1. The van der Waals surface area contributed by atoms with Crippen molar-refractivity contribution in [1.82, 2.24) is 14.5 Å². The molecule has 0 unspecified atom stereocenters. The van der Waals surface area contributed by atoms with Crippen molar-refractivity contribution in [2.45, 2.75) is 37.8 Å². The van der Waals surface area contributed by atoms with Crippen LogP contribution in [-0.4, -0.2) is 52.1 Å². The number of carbonyl (C=O) groups excluding carboxylic acids is 1. The van der Waals surface area contributed by atoms with Crippen LogP contribution in [0.1, 0.15) is 41.1 Å². The molecule has 3 heterocycles. The zero-order chi connectivity index (χ0) is 20.6. The molecule has 0 atom stereocenters. The van der Waals surface area contributed by atoms with Crippen LogP contribution in [0.15, 0.2) is 29.1 Å². The minimum atomic E-state index is -0.593. The molecule has 0 radical (unpaired) electrons. The van der Waals surface area contributed by atoms with E-state index in [0.29, 0.717) is 51.4 Å². The van der Waals surface area contributed by atoms with Crippen LogP contribution in [0, 0.1) is 5.82 Å². The predicted octanol–water partition coefficient (Wildman–Crippen LogP) is 1.85. The number of ether oxygens (including phenoxy) is 1. The van der Waals surface area contributed by atoms with Crippen molar-refractivity contribution >= 4 is 5.78 Å². The van der Waals surface area contributed by atoms with Crippen molar-refractivity contribution in [3.63, 3.8) is 0 Å². The number of aromatic hydroxyl groups is 1. The highest BCUT2D eigenvalue weighted by atomic mass is 19.1. The average Bonchev–Trinajstić information content (AvgIpc) is 2.73. The van der Waals surface area contributed by atoms with E-state index in [1.807, 2.05) is 7.05 Å². The molecule has 7 nitrogen and oxygen atoms in total. The second-order valence-electron chi connectivity index (χ2n) is 7.70. The van der Waals surface area contributed by atoms with Crippen molar-refractivity contribution in [1.29, 1.82) is 0 Å². The normalized spacial score (nSPS) is 18.6. The number of hydrogen-bond acceptors (Lipinski definition) is 6. The van der Waals surface area contributed by atoms with Crippen LogP contribution in [0.25, 0.3) is 0 Å². The smallest absolute Gasteiger partial charge is 0.296 e. The molecule has 8 heteroatoms. The first-order chi connectivity index (χ1) is 13.9. The third-order valence-electron chi connectivity index (χ3n) is 6.09. The summed E-state index contributed by atoms with van der Waals surface area (Å²) in [6, 6.07) is 5.91. The van der Waals surface area contributed by atoms with Gasteiger partial charge >= 0.3 is 0 Å². The summed E-state index contributed by atoms with van der Waals surface area (Å²) in [5.41, 5.74) is -0.423. The van der Waals surface area contributed by atoms with Gasteiger partial charge in [0.1, 0.15) is 11.6 Å². The Balaban J connectivity index is 1.68. The second kappa shape index (κ2) is 7.68. The molecular formula is C21H24FN3O4. The van der Waals surface area contributed by atoms with Crippen LogP contribution in [0.2, 0.25) is 0 Å². The lowest BCUT2D eigenvalue weighted by Gasteiger charge is -2.47. The Labute approximate surface area is 167 Å². The number of nitrogens with zero attached hydrogens (tertiary/aromatic N) is 3. The fourth-order valence-electron chi connectivity index (χ4n) is 4.28. The number of aromatic nitrogens is 2. The lowest BCUT2D eigenvalue weighted by Crippen LogP contribution is -2.56. The van der Waals surface area contributed by atoms with Gasteiger partial charge in [0, 0.05) is 32.7 Å². The van der Waals surface area contributed by atoms with Gasteiger partial charge < -0.3 is 9.84 Å². The fourth-order valence-corrected chi connectivity index (χ4v) is 4.28. The van der Waals surface area contributed by atoms with Gasteiger partial charge in [-0.05, 0) is 44.0 Å². The van der Waals surface area contributed by atoms with Gasteiger partial charge in [-0.2, -0.15) is 0 Å². The Kier molecular flexibility index (Phi) is 5.23. The van der Waals surface area contributed by atoms with Gasteiger partial charge in [-0.25, -0.2) is 9.37 Å². The number of hydrogen-bond donors (Lipinski definition) is 1. The van der Waals surface area contributed by atoms with Crippen molar-refractivity contribution in [2.75, 3.05) is 26.8 Å². The van der Waals surface area contributed by atoms with Crippen molar-refractivity contribution < 1.29 is 19.0 Å². The molecule has 4 rings (SSSR count). The SMILES string of the molecule is CN1CCn2c(nc(C(=O)CCc3ccc(F)cc3)c(O)c2=O)C12CCOCC2. The molecule has 0 saturated carbocycles. The van der Waals surface area contributed by atoms with Crippen molar-refractivity contribution in [2.24, 2.45) is 0 Å². The number of rotatable bonds is 4. The molecule has 1 aromatic carbocycles. The summed E-state index contributed by atoms with van der Waals surface area (Å²) in [6.07, 6.45) is 1.78. The van der Waals surface area contributed by atoms with Gasteiger partial charge in [0.25, 0.3) is 5.56 Å². The summed E-state index contributed by atoms with van der Waals surface area (Å²) < 4.78 is 20.1. The molecule has 1 fully saturated rings. The Morgan fingerprint density at radius 1 is 1.24 bits per heavy atom. The van der Waals surface area contributed by atoms with Crippen LogP contribution in [0.3, 0.4) is 0 Å². The maximum Gasteiger partial charge on any atom is 0.296 e. The van der Waals surface area contributed by atoms with E-state index in [9.17, 15) is 19.1 Å². The van der Waals surface area contributed by atoms with Gasteiger partial charge in [-0.1, -0.05) is 12.1 Å². The molecule has 0 amide bonds. The Bertz CT molecular complexity index is 981. The first-order valence-corrected chi connectivity index (χ1v) is 9.83. The second-order valence-corrected chi connectivity index (χ2v) is 7.70. The number of likely N-dealkylation sites (N-methyl/N-ethyl adjacent to an activating group) is 1. The highest BCUT2D eigenvalue weighted by molar-refractivity contribution is 5.96. The zero-order valence-electron chi connectivity index (χ0n) is 16.4. The number of halogens is 1. The standard InChI is InChI=1S/C21H24FN3O4/c1-24-10-11-25-19(28)18(27)17(23-20(25)21(24)8-12-29-13-9-21)16(26)7-4-14-2-5-15(22)6-3-14/h2-3,5-6,27H,4,7-13H2,1H3. The van der Waals surface area contributed by atoms with Gasteiger partial charge in [0.15, 0.2) is 11.5 Å². The van der Waals surface area contributed by atoms with E-state index in [-0.39, 0.29) is 17.9 Å². The summed E-state index contributed by atoms with van der Waals surface area (Å²) >= 11 is 0. The van der Waals surface area contributed by atoms with E-state index in [1.165, 1.54) is 16.7 Å². The molecule has 0 bridgehead atoms. The van der Waals surface area contributed by atoms with Gasteiger partial charge in [-0.15, -0.1) is 0 Å². The van der Waals surface area contributed by atoms with Gasteiger partial charge in [0.05, 0.1) is 5.54 Å². The van der Waals surface area contributed by atoms with Crippen LogP contribution in [0.4, 0.5) is 4.39 Å². The molecule has 2 aliphatic heterocycles. The van der Waals surface area contributed by atoms with Crippen LogP contribution >= 0.6 is 0 Å². The molecule has 1 N–H and O–H groups in total. The molecule has 1 spiro atoms. The number of fused-ring (bicyclic) bond motifs is 2. The van der Waals surface area contributed by atoms with E-state index in [0.717, 1.165) is 5.56 Å².